The first-order valence-corrected chi connectivity index (χ1v) is 10.5. The number of urea groups is 1. The lowest BCUT2D eigenvalue weighted by molar-refractivity contribution is -0.139. The van der Waals surface area contributed by atoms with E-state index < -0.39 is 6.10 Å². The summed E-state index contributed by atoms with van der Waals surface area (Å²) in [7, 11) is 0. The molecule has 2 N–H and O–H groups in total. The van der Waals surface area contributed by atoms with Gasteiger partial charge in [-0.15, -0.1) is 0 Å². The fourth-order valence-electron chi connectivity index (χ4n) is 3.60. The van der Waals surface area contributed by atoms with Gasteiger partial charge in [0.25, 0.3) is 5.91 Å². The van der Waals surface area contributed by atoms with E-state index in [4.69, 9.17) is 4.74 Å². The quantitative estimate of drug-likeness (QED) is 0.583. The van der Waals surface area contributed by atoms with Crippen LogP contribution in [0.25, 0.3) is 0 Å². The smallest absolute Gasteiger partial charge is 0.323 e. The highest BCUT2D eigenvalue weighted by atomic mass is 19.1. The van der Waals surface area contributed by atoms with Crippen molar-refractivity contribution < 1.29 is 18.7 Å². The van der Waals surface area contributed by atoms with Crippen LogP contribution in [0.4, 0.5) is 20.6 Å². The zero-order chi connectivity index (χ0) is 22.5. The van der Waals surface area contributed by atoms with Gasteiger partial charge < -0.3 is 20.3 Å². The van der Waals surface area contributed by atoms with E-state index in [1.165, 1.54) is 12.1 Å². The minimum Gasteiger partial charge on any atom is -0.480 e. The molecule has 0 bridgehead atoms. The second-order valence-electron chi connectivity index (χ2n) is 7.60. The van der Waals surface area contributed by atoms with E-state index >= 15 is 0 Å². The number of rotatable bonds is 5. The number of hydrogen-bond donors (Lipinski definition) is 2. The third-order valence-corrected chi connectivity index (χ3v) is 5.23. The van der Waals surface area contributed by atoms with E-state index in [0.29, 0.717) is 36.6 Å². The third-order valence-electron chi connectivity index (χ3n) is 5.23. The normalized spacial score (nSPS) is 15.4. The SMILES string of the molecule is CCC1Oc2ccc(NC(=O)Nc3ccccc3)cc2CN(Cc2ccc(F)cc2)C1=O. The van der Waals surface area contributed by atoms with Crippen LogP contribution in [0.15, 0.2) is 72.8 Å². The Bertz CT molecular complexity index is 1100. The summed E-state index contributed by atoms with van der Waals surface area (Å²) in [6.07, 6.45) is -0.0746. The lowest BCUT2D eigenvalue weighted by atomic mass is 10.1. The molecule has 0 radical (unpaired) electrons. The maximum Gasteiger partial charge on any atom is 0.323 e. The maximum absolute atomic E-state index is 13.3. The molecule has 0 fully saturated rings. The summed E-state index contributed by atoms with van der Waals surface area (Å²) in [5.74, 6) is 0.172. The molecule has 32 heavy (non-hydrogen) atoms. The summed E-state index contributed by atoms with van der Waals surface area (Å²) in [6, 6.07) is 20.2. The summed E-state index contributed by atoms with van der Waals surface area (Å²) in [6.45, 7) is 2.55. The Kier molecular flexibility index (Phi) is 6.35. The molecule has 6 nitrogen and oxygen atoms in total. The van der Waals surface area contributed by atoms with Crippen molar-refractivity contribution in [2.75, 3.05) is 10.6 Å². The molecule has 1 atom stereocenters. The van der Waals surface area contributed by atoms with Gasteiger partial charge in [0.15, 0.2) is 6.10 Å². The number of para-hydroxylation sites is 1. The summed E-state index contributed by atoms with van der Waals surface area (Å²) in [5, 5.41) is 5.59. The number of nitrogens with zero attached hydrogens (tertiary/aromatic N) is 1. The number of halogens is 1. The number of carbonyl (C=O) groups excluding carboxylic acids is 2. The van der Waals surface area contributed by atoms with E-state index in [-0.39, 0.29) is 17.8 Å². The Labute approximate surface area is 186 Å². The molecule has 3 amide bonds. The first-order chi connectivity index (χ1) is 15.5. The molecule has 7 heteroatoms. The van der Waals surface area contributed by atoms with Crippen molar-refractivity contribution in [1.82, 2.24) is 4.90 Å². The molecule has 1 unspecified atom stereocenters. The first-order valence-electron chi connectivity index (χ1n) is 10.5. The number of benzene rings is 3. The molecule has 1 heterocycles. The third kappa shape index (κ3) is 5.06. The first kappa shape index (κ1) is 21.4. The standard InChI is InChI=1S/C25H24FN3O3/c1-2-22-24(30)29(15-17-8-10-19(26)11-9-17)16-18-14-21(12-13-23(18)32-22)28-25(31)27-20-6-4-3-5-7-20/h3-14,22H,2,15-16H2,1H3,(H2,27,28,31). The van der Waals surface area contributed by atoms with Gasteiger partial charge in [0, 0.05) is 30.0 Å². The van der Waals surface area contributed by atoms with Crippen LogP contribution in [0.3, 0.4) is 0 Å². The molecule has 3 aromatic carbocycles. The van der Waals surface area contributed by atoms with Crippen LogP contribution >= 0.6 is 0 Å². The molecule has 164 valence electrons. The Hall–Kier alpha value is -3.87. The molecular weight excluding hydrogens is 409 g/mol. The summed E-state index contributed by atoms with van der Waals surface area (Å²) in [4.78, 5) is 27.1. The van der Waals surface area contributed by atoms with E-state index in [0.717, 1.165) is 11.1 Å². The van der Waals surface area contributed by atoms with Gasteiger partial charge in [0.05, 0.1) is 0 Å². The highest BCUT2D eigenvalue weighted by Crippen LogP contribution is 2.30. The van der Waals surface area contributed by atoms with E-state index in [9.17, 15) is 14.0 Å². The Morgan fingerprint density at radius 1 is 1.03 bits per heavy atom. The molecule has 1 aliphatic heterocycles. The second kappa shape index (κ2) is 9.51. The highest BCUT2D eigenvalue weighted by molar-refractivity contribution is 5.99. The number of fused-ring (bicyclic) bond motifs is 1. The summed E-state index contributed by atoms with van der Waals surface area (Å²) < 4.78 is 19.2. The van der Waals surface area contributed by atoms with Crippen molar-refractivity contribution in [3.63, 3.8) is 0 Å². The summed E-state index contributed by atoms with van der Waals surface area (Å²) in [5.41, 5.74) is 2.89. The van der Waals surface area contributed by atoms with Crippen molar-refractivity contribution in [2.45, 2.75) is 32.5 Å². The second-order valence-corrected chi connectivity index (χ2v) is 7.60. The molecule has 0 saturated carbocycles. The van der Waals surface area contributed by atoms with Crippen molar-refractivity contribution in [1.29, 1.82) is 0 Å². The molecule has 3 aromatic rings. The van der Waals surface area contributed by atoms with Crippen LogP contribution in [0.5, 0.6) is 5.75 Å². The predicted octanol–water partition coefficient (Wildman–Crippen LogP) is 5.17. The predicted molar refractivity (Wildman–Crippen MR) is 121 cm³/mol. The van der Waals surface area contributed by atoms with Crippen molar-refractivity contribution >= 4 is 23.3 Å². The number of ether oxygens (including phenoxy) is 1. The zero-order valence-corrected chi connectivity index (χ0v) is 17.7. The Morgan fingerprint density at radius 3 is 2.47 bits per heavy atom. The van der Waals surface area contributed by atoms with Crippen LogP contribution in [-0.2, 0) is 17.9 Å². The molecule has 0 spiro atoms. The van der Waals surface area contributed by atoms with Gasteiger partial charge >= 0.3 is 6.03 Å². The zero-order valence-electron chi connectivity index (χ0n) is 17.7. The van der Waals surface area contributed by atoms with E-state index in [1.54, 1.807) is 41.3 Å². The molecule has 4 rings (SSSR count). The van der Waals surface area contributed by atoms with Gasteiger partial charge in [0.2, 0.25) is 0 Å². The Morgan fingerprint density at radius 2 is 1.75 bits per heavy atom. The average molecular weight is 433 g/mol. The fourth-order valence-corrected chi connectivity index (χ4v) is 3.60. The number of carbonyl (C=O) groups is 2. The lowest BCUT2D eigenvalue weighted by Gasteiger charge is -2.23. The molecule has 0 aliphatic carbocycles. The van der Waals surface area contributed by atoms with Crippen LogP contribution in [-0.4, -0.2) is 22.9 Å². The van der Waals surface area contributed by atoms with Gasteiger partial charge in [-0.1, -0.05) is 37.3 Å². The largest absolute Gasteiger partial charge is 0.480 e. The molecule has 1 aliphatic rings. The fraction of sp³-hybridized carbons (Fsp3) is 0.200. The summed E-state index contributed by atoms with van der Waals surface area (Å²) >= 11 is 0. The highest BCUT2D eigenvalue weighted by Gasteiger charge is 2.30. The molecular formula is C25H24FN3O3. The number of hydrogen-bond acceptors (Lipinski definition) is 3. The van der Waals surface area contributed by atoms with Crippen LogP contribution in [0.2, 0.25) is 0 Å². The number of anilines is 2. The number of amides is 3. The minimum atomic E-state index is -0.600. The van der Waals surface area contributed by atoms with Crippen LogP contribution in [0, 0.1) is 5.82 Å². The van der Waals surface area contributed by atoms with E-state index in [1.807, 2.05) is 31.2 Å². The average Bonchev–Trinajstić information content (AvgIpc) is 2.92. The van der Waals surface area contributed by atoms with Crippen molar-refractivity contribution in [3.8, 4) is 5.75 Å². The van der Waals surface area contributed by atoms with Crippen molar-refractivity contribution in [2.24, 2.45) is 0 Å². The maximum atomic E-state index is 13.3. The minimum absolute atomic E-state index is 0.121. The molecule has 0 aromatic heterocycles. The van der Waals surface area contributed by atoms with Crippen LogP contribution < -0.4 is 15.4 Å². The van der Waals surface area contributed by atoms with Gasteiger partial charge in [-0.3, -0.25) is 4.79 Å². The lowest BCUT2D eigenvalue weighted by Crippen LogP contribution is -2.38. The number of nitrogens with one attached hydrogen (secondary N) is 2. The van der Waals surface area contributed by atoms with Gasteiger partial charge in [-0.25, -0.2) is 9.18 Å². The monoisotopic (exact) mass is 433 g/mol. The van der Waals surface area contributed by atoms with Gasteiger partial charge in [0.1, 0.15) is 11.6 Å². The topological polar surface area (TPSA) is 70.7 Å². The van der Waals surface area contributed by atoms with Gasteiger partial charge in [-0.05, 0) is 54.4 Å². The van der Waals surface area contributed by atoms with Crippen LogP contribution in [0.1, 0.15) is 24.5 Å². The van der Waals surface area contributed by atoms with Gasteiger partial charge in [-0.2, -0.15) is 0 Å². The molecule has 0 saturated heterocycles. The van der Waals surface area contributed by atoms with E-state index in [2.05, 4.69) is 10.6 Å². The van der Waals surface area contributed by atoms with Crippen molar-refractivity contribution in [3.05, 3.63) is 89.7 Å². The Balaban J connectivity index is 1.53.